The third kappa shape index (κ3) is 7.45. The van der Waals surface area contributed by atoms with Crippen molar-refractivity contribution in [3.8, 4) is 0 Å². The first kappa shape index (κ1) is 43.2. The molecular weight excluding hydrogens is 715 g/mol. The van der Waals surface area contributed by atoms with Gasteiger partial charge in [-0.2, -0.15) is 0 Å². The molecule has 57 heavy (non-hydrogen) atoms. The van der Waals surface area contributed by atoms with Crippen LogP contribution in [0.25, 0.3) is 0 Å². The molecule has 9 nitrogen and oxygen atoms in total. The van der Waals surface area contributed by atoms with Crippen molar-refractivity contribution in [2.45, 2.75) is 172 Å². The van der Waals surface area contributed by atoms with Crippen molar-refractivity contribution in [3.05, 3.63) is 47.6 Å². The number of ketones is 1. The molecule has 0 saturated heterocycles. The average Bonchev–Trinajstić information content (AvgIpc) is 3.40. The Hall–Kier alpha value is -3.36. The van der Waals surface area contributed by atoms with Crippen LogP contribution in [-0.2, 0) is 28.7 Å². The Balaban J connectivity index is 1.23. The molecule has 4 saturated carbocycles. The standard InChI is InChI=1S/C48H71N3O6/c1-29(2)39-33(52)26-48(22-18-37(53)51-30(3)32-19-25-49-28-50-32)24-23-46(12)31(40(39)48)14-15-35-45(11)20-17-36(44(9,10)34(45)16-21-47(35,46)13)56-38(54)27-43(7,8)41(55)57-42(4,5)6/h18-19,22,25,28-31,34-36H,14-17,20-21,23-24,26-27H2,1-13H3,(H,51,53)/t30-,31+,34-,35+,36-,45-,46+,47+,48-/m0/s1. The number of nitrogens with one attached hydrogen (secondary N) is 1. The lowest BCUT2D eigenvalue weighted by Gasteiger charge is -2.72. The van der Waals surface area contributed by atoms with Crippen LogP contribution in [0, 0.1) is 56.2 Å². The van der Waals surface area contributed by atoms with Crippen molar-refractivity contribution in [2.75, 3.05) is 0 Å². The van der Waals surface area contributed by atoms with E-state index >= 15 is 0 Å². The molecule has 5 aliphatic carbocycles. The van der Waals surface area contributed by atoms with Gasteiger partial charge in [-0.05, 0) is 156 Å². The highest BCUT2D eigenvalue weighted by Crippen LogP contribution is 2.77. The van der Waals surface area contributed by atoms with E-state index < -0.39 is 16.4 Å². The second-order valence-electron chi connectivity index (χ2n) is 22.0. The molecule has 9 atom stereocenters. The van der Waals surface area contributed by atoms with Crippen LogP contribution >= 0.6 is 0 Å². The van der Waals surface area contributed by atoms with Crippen molar-refractivity contribution in [1.29, 1.82) is 0 Å². The van der Waals surface area contributed by atoms with Gasteiger partial charge in [0.25, 0.3) is 0 Å². The van der Waals surface area contributed by atoms with E-state index in [0.717, 1.165) is 62.6 Å². The highest BCUT2D eigenvalue weighted by molar-refractivity contribution is 6.01. The van der Waals surface area contributed by atoms with Gasteiger partial charge < -0.3 is 14.8 Å². The Labute approximate surface area is 342 Å². The fraction of sp³-hybridized carbons (Fsp3) is 0.750. The van der Waals surface area contributed by atoms with Crippen LogP contribution in [0.1, 0.15) is 166 Å². The Bertz CT molecular complexity index is 1820. The molecule has 1 aromatic rings. The lowest BCUT2D eigenvalue weighted by Crippen LogP contribution is -2.65. The molecule has 1 heterocycles. The van der Waals surface area contributed by atoms with Crippen molar-refractivity contribution in [1.82, 2.24) is 15.3 Å². The van der Waals surface area contributed by atoms with Gasteiger partial charge in [0.1, 0.15) is 18.0 Å². The van der Waals surface area contributed by atoms with Crippen LogP contribution in [0.4, 0.5) is 0 Å². The average molecular weight is 786 g/mol. The summed E-state index contributed by atoms with van der Waals surface area (Å²) in [5, 5.41) is 3.07. The number of fused-ring (bicyclic) bond motifs is 7. The van der Waals surface area contributed by atoms with Gasteiger partial charge in [-0.3, -0.25) is 19.2 Å². The minimum Gasteiger partial charge on any atom is -0.462 e. The number of rotatable bonds is 9. The molecule has 1 N–H and O–H groups in total. The smallest absolute Gasteiger partial charge is 0.312 e. The molecule has 0 radical (unpaired) electrons. The highest BCUT2D eigenvalue weighted by atomic mass is 16.6. The summed E-state index contributed by atoms with van der Waals surface area (Å²) < 4.78 is 12.0. The van der Waals surface area contributed by atoms with Gasteiger partial charge in [0.15, 0.2) is 5.78 Å². The van der Waals surface area contributed by atoms with Crippen molar-refractivity contribution < 1.29 is 28.7 Å². The summed E-state index contributed by atoms with van der Waals surface area (Å²) in [5.41, 5.74) is 0.903. The number of hydrogen-bond acceptors (Lipinski definition) is 8. The molecule has 1 aromatic heterocycles. The molecule has 4 fully saturated rings. The van der Waals surface area contributed by atoms with Crippen molar-refractivity contribution >= 4 is 23.6 Å². The topological polar surface area (TPSA) is 125 Å². The van der Waals surface area contributed by atoms with Gasteiger partial charge in [-0.25, -0.2) is 9.97 Å². The minimum absolute atomic E-state index is 0.00811. The van der Waals surface area contributed by atoms with Gasteiger partial charge in [0.05, 0.1) is 23.6 Å². The number of allylic oxidation sites excluding steroid dienone is 3. The Morgan fingerprint density at radius 3 is 2.25 bits per heavy atom. The Morgan fingerprint density at radius 2 is 1.61 bits per heavy atom. The highest BCUT2D eigenvalue weighted by Gasteiger charge is 2.70. The summed E-state index contributed by atoms with van der Waals surface area (Å²) >= 11 is 0. The SMILES string of the molecule is CC(C)C1=C2[C@H]3CC[C@@H]4[C@@]5(C)CC[C@H](OC(=O)CC(C)(C)C(=O)OC(C)(C)C)C(C)(C)[C@@H]5CC[C@@]4(C)[C@]3(C)CC[C@@]2(C=CC(=O)N[C@@H](C)c2ccncn2)CC1=O. The lowest BCUT2D eigenvalue weighted by atomic mass is 9.33. The first-order valence-electron chi connectivity index (χ1n) is 21.8. The molecule has 1 amide bonds. The summed E-state index contributed by atoms with van der Waals surface area (Å²) in [4.78, 5) is 62.2. The lowest BCUT2D eigenvalue weighted by molar-refractivity contribution is -0.232. The molecule has 0 bridgehead atoms. The van der Waals surface area contributed by atoms with Crippen LogP contribution in [0.15, 0.2) is 41.9 Å². The fourth-order valence-electron chi connectivity index (χ4n) is 13.2. The number of nitrogens with zero attached hydrogens (tertiary/aromatic N) is 2. The summed E-state index contributed by atoms with van der Waals surface area (Å²) in [6.45, 7) is 27.5. The van der Waals surface area contributed by atoms with Gasteiger partial charge in [-0.15, -0.1) is 0 Å². The minimum atomic E-state index is -0.982. The second kappa shape index (κ2) is 14.7. The summed E-state index contributed by atoms with van der Waals surface area (Å²) in [7, 11) is 0. The number of amides is 1. The zero-order valence-electron chi connectivity index (χ0n) is 37.3. The van der Waals surface area contributed by atoms with E-state index in [1.807, 2.05) is 33.8 Å². The molecule has 314 valence electrons. The molecule has 0 unspecified atom stereocenters. The van der Waals surface area contributed by atoms with E-state index in [0.29, 0.717) is 18.3 Å². The Morgan fingerprint density at radius 1 is 0.912 bits per heavy atom. The van der Waals surface area contributed by atoms with Crippen molar-refractivity contribution in [2.24, 2.45) is 56.2 Å². The predicted molar refractivity (Wildman–Crippen MR) is 221 cm³/mol. The van der Waals surface area contributed by atoms with E-state index in [1.54, 1.807) is 26.1 Å². The van der Waals surface area contributed by atoms with Crippen LogP contribution < -0.4 is 5.32 Å². The van der Waals surface area contributed by atoms with Crippen LogP contribution in [-0.4, -0.2) is 45.3 Å². The number of hydrogen-bond donors (Lipinski definition) is 1. The van der Waals surface area contributed by atoms with Gasteiger partial charge in [0.2, 0.25) is 5.91 Å². The third-order valence-electron chi connectivity index (χ3n) is 16.2. The normalized spacial score (nSPS) is 35.5. The molecule has 0 aromatic carbocycles. The fourth-order valence-corrected chi connectivity index (χ4v) is 13.2. The summed E-state index contributed by atoms with van der Waals surface area (Å²) in [6.07, 6.45) is 15.1. The summed E-state index contributed by atoms with van der Waals surface area (Å²) in [5.74, 6) is 0.597. The second-order valence-corrected chi connectivity index (χ2v) is 22.0. The monoisotopic (exact) mass is 786 g/mol. The van der Waals surface area contributed by atoms with Crippen LogP contribution in [0.2, 0.25) is 0 Å². The van der Waals surface area contributed by atoms with E-state index in [9.17, 15) is 19.2 Å². The summed E-state index contributed by atoms with van der Waals surface area (Å²) in [6, 6.07) is 1.55. The first-order chi connectivity index (χ1) is 26.3. The maximum absolute atomic E-state index is 14.1. The molecule has 5 aliphatic rings. The van der Waals surface area contributed by atoms with E-state index in [1.165, 1.54) is 11.9 Å². The van der Waals surface area contributed by atoms with E-state index in [-0.39, 0.29) is 75.7 Å². The number of esters is 2. The molecular formula is C48H71N3O6. The van der Waals surface area contributed by atoms with Gasteiger partial charge in [0, 0.05) is 23.4 Å². The number of ether oxygens (including phenoxy) is 2. The molecule has 0 aliphatic heterocycles. The van der Waals surface area contributed by atoms with Gasteiger partial charge in [-0.1, -0.05) is 54.5 Å². The number of Topliss-reactive ketones (excluding diaryl/α,β-unsaturated/α-hetero) is 1. The van der Waals surface area contributed by atoms with E-state index in [4.69, 9.17) is 9.47 Å². The molecule has 6 rings (SSSR count). The number of carbonyl (C=O) groups is 4. The van der Waals surface area contributed by atoms with E-state index in [2.05, 4.69) is 69.8 Å². The maximum Gasteiger partial charge on any atom is 0.312 e. The first-order valence-corrected chi connectivity index (χ1v) is 21.8. The van der Waals surface area contributed by atoms with Crippen molar-refractivity contribution in [3.63, 3.8) is 0 Å². The predicted octanol–water partition coefficient (Wildman–Crippen LogP) is 9.86. The Kier molecular flexibility index (Phi) is 11.2. The largest absolute Gasteiger partial charge is 0.462 e. The number of aromatic nitrogens is 2. The zero-order chi connectivity index (χ0) is 42.1. The van der Waals surface area contributed by atoms with Gasteiger partial charge >= 0.3 is 11.9 Å². The third-order valence-corrected chi connectivity index (χ3v) is 16.2. The zero-order valence-corrected chi connectivity index (χ0v) is 37.3. The quantitative estimate of drug-likeness (QED) is 0.194. The maximum atomic E-state index is 14.1. The van der Waals surface area contributed by atoms with Crippen LogP contribution in [0.3, 0.4) is 0 Å². The molecule has 9 heteroatoms. The molecule has 0 spiro atoms. The van der Waals surface area contributed by atoms with Crippen LogP contribution in [0.5, 0.6) is 0 Å². The number of carbonyl (C=O) groups excluding carboxylic acids is 4.